The first-order valence-corrected chi connectivity index (χ1v) is 6.51. The van der Waals surface area contributed by atoms with Crippen LogP contribution < -0.4 is 0 Å². The van der Waals surface area contributed by atoms with E-state index in [4.69, 9.17) is 9.47 Å². The van der Waals surface area contributed by atoms with Crippen LogP contribution in [0.1, 0.15) is 26.3 Å². The van der Waals surface area contributed by atoms with E-state index < -0.39 is 11.7 Å². The van der Waals surface area contributed by atoms with Gasteiger partial charge < -0.3 is 9.47 Å². The summed E-state index contributed by atoms with van der Waals surface area (Å²) >= 11 is 0. The van der Waals surface area contributed by atoms with Gasteiger partial charge in [-0.05, 0) is 26.3 Å². The third-order valence-electron chi connectivity index (χ3n) is 2.26. The summed E-state index contributed by atoms with van der Waals surface area (Å²) in [6, 6.07) is 9.57. The highest BCUT2D eigenvalue weighted by molar-refractivity contribution is 5.80. The normalized spacial score (nSPS) is 11.6. The first-order valence-electron chi connectivity index (χ1n) is 6.51. The molecule has 0 saturated carbocycles. The lowest BCUT2D eigenvalue weighted by Crippen LogP contribution is -2.35. The molecule has 0 aliphatic heterocycles. The molecule has 5 heteroatoms. The quantitative estimate of drug-likeness (QED) is 0.614. The average Bonchev–Trinajstić information content (AvgIpc) is 2.38. The molecule has 1 aromatic rings. The Labute approximate surface area is 120 Å². The van der Waals surface area contributed by atoms with E-state index in [9.17, 15) is 4.79 Å². The molecule has 0 aromatic heterocycles. The molecular formula is C15H22N2O3. The Hall–Kier alpha value is -1.88. The predicted octanol–water partition coefficient (Wildman–Crippen LogP) is 2.90. The summed E-state index contributed by atoms with van der Waals surface area (Å²) in [6.07, 6.45) is 1.14. The molecule has 0 fully saturated rings. The molecule has 0 aliphatic carbocycles. The van der Waals surface area contributed by atoms with Gasteiger partial charge in [-0.2, -0.15) is 10.1 Å². The van der Waals surface area contributed by atoms with E-state index in [0.29, 0.717) is 13.2 Å². The highest BCUT2D eigenvalue weighted by atomic mass is 16.6. The molecule has 0 radical (unpaired) electrons. The van der Waals surface area contributed by atoms with Crippen LogP contribution in [0.5, 0.6) is 0 Å². The smallest absolute Gasteiger partial charge is 0.430 e. The van der Waals surface area contributed by atoms with Crippen molar-refractivity contribution < 1.29 is 14.3 Å². The highest BCUT2D eigenvalue weighted by Gasteiger charge is 2.21. The number of carbonyl (C=O) groups excluding carboxylic acids is 1. The second-order valence-electron chi connectivity index (χ2n) is 5.25. The lowest BCUT2D eigenvalue weighted by Gasteiger charge is -2.24. The summed E-state index contributed by atoms with van der Waals surface area (Å²) < 4.78 is 10.3. The van der Waals surface area contributed by atoms with Crippen LogP contribution in [-0.2, 0) is 9.47 Å². The summed E-state index contributed by atoms with van der Waals surface area (Å²) in [5.74, 6) is 0. The SMILES string of the molecule is COCCN(N=Cc1ccccc1)C(=O)OC(C)(C)C. The van der Waals surface area contributed by atoms with Crippen molar-refractivity contribution >= 4 is 12.3 Å². The lowest BCUT2D eigenvalue weighted by atomic mass is 10.2. The van der Waals surface area contributed by atoms with E-state index in [1.54, 1.807) is 13.3 Å². The Kier molecular flexibility index (Phi) is 6.18. The zero-order chi connectivity index (χ0) is 15.0. The number of benzene rings is 1. The molecule has 0 bridgehead atoms. The van der Waals surface area contributed by atoms with Crippen molar-refractivity contribution in [3.63, 3.8) is 0 Å². The third kappa shape index (κ3) is 6.33. The van der Waals surface area contributed by atoms with Crippen molar-refractivity contribution in [2.24, 2.45) is 5.10 Å². The van der Waals surface area contributed by atoms with Gasteiger partial charge >= 0.3 is 6.09 Å². The van der Waals surface area contributed by atoms with Gasteiger partial charge in [0.2, 0.25) is 0 Å². The second-order valence-corrected chi connectivity index (χ2v) is 5.25. The zero-order valence-corrected chi connectivity index (χ0v) is 12.5. The molecule has 0 aliphatic rings. The number of carbonyl (C=O) groups is 1. The van der Waals surface area contributed by atoms with Gasteiger partial charge in [0.25, 0.3) is 0 Å². The minimum Gasteiger partial charge on any atom is -0.442 e. The molecule has 0 N–H and O–H groups in total. The zero-order valence-electron chi connectivity index (χ0n) is 12.5. The maximum absolute atomic E-state index is 12.0. The number of nitrogens with zero attached hydrogens (tertiary/aromatic N) is 2. The van der Waals surface area contributed by atoms with Crippen LogP contribution in [-0.4, -0.2) is 43.2 Å². The van der Waals surface area contributed by atoms with Gasteiger partial charge in [-0.3, -0.25) is 0 Å². The van der Waals surface area contributed by atoms with Gasteiger partial charge in [-0.15, -0.1) is 0 Å². The standard InChI is InChI=1S/C15H22N2O3/c1-15(2,3)20-14(18)17(10-11-19-4)16-12-13-8-6-5-7-9-13/h5-9,12H,10-11H2,1-4H3. The van der Waals surface area contributed by atoms with E-state index >= 15 is 0 Å². The number of hydrogen-bond acceptors (Lipinski definition) is 4. The van der Waals surface area contributed by atoms with Crippen LogP contribution in [0.15, 0.2) is 35.4 Å². The van der Waals surface area contributed by atoms with Gasteiger partial charge in [0, 0.05) is 7.11 Å². The lowest BCUT2D eigenvalue weighted by molar-refractivity contribution is 0.0208. The molecule has 1 amide bonds. The number of ether oxygens (including phenoxy) is 2. The van der Waals surface area contributed by atoms with Crippen molar-refractivity contribution in [1.29, 1.82) is 0 Å². The first kappa shape index (κ1) is 16.2. The molecule has 1 aromatic carbocycles. The largest absolute Gasteiger partial charge is 0.442 e. The fraction of sp³-hybridized carbons (Fsp3) is 0.467. The van der Waals surface area contributed by atoms with Gasteiger partial charge in [0.05, 0.1) is 19.4 Å². The summed E-state index contributed by atoms with van der Waals surface area (Å²) in [7, 11) is 1.58. The molecule has 0 atom stereocenters. The Morgan fingerprint density at radius 1 is 1.30 bits per heavy atom. The maximum Gasteiger partial charge on any atom is 0.430 e. The fourth-order valence-electron chi connectivity index (χ4n) is 1.36. The number of rotatable bonds is 5. The van der Waals surface area contributed by atoms with Gasteiger partial charge in [0.1, 0.15) is 5.60 Å². The van der Waals surface area contributed by atoms with Gasteiger partial charge in [-0.25, -0.2) is 4.79 Å². The van der Waals surface area contributed by atoms with Crippen molar-refractivity contribution in [1.82, 2.24) is 5.01 Å². The third-order valence-corrected chi connectivity index (χ3v) is 2.26. The van der Waals surface area contributed by atoms with Gasteiger partial charge in [-0.1, -0.05) is 30.3 Å². The van der Waals surface area contributed by atoms with E-state index in [1.807, 2.05) is 51.1 Å². The second kappa shape index (κ2) is 7.65. The monoisotopic (exact) mass is 278 g/mol. The minimum absolute atomic E-state index is 0.342. The van der Waals surface area contributed by atoms with E-state index in [1.165, 1.54) is 5.01 Å². The van der Waals surface area contributed by atoms with Crippen LogP contribution in [0.3, 0.4) is 0 Å². The van der Waals surface area contributed by atoms with E-state index in [0.717, 1.165) is 5.56 Å². The van der Waals surface area contributed by atoms with Gasteiger partial charge in [0.15, 0.2) is 0 Å². The molecule has 0 heterocycles. The molecule has 5 nitrogen and oxygen atoms in total. The van der Waals surface area contributed by atoms with Crippen LogP contribution in [0.25, 0.3) is 0 Å². The van der Waals surface area contributed by atoms with Crippen molar-refractivity contribution in [3.8, 4) is 0 Å². The summed E-state index contributed by atoms with van der Waals surface area (Å²) in [6.45, 7) is 6.20. The number of hydrazone groups is 1. The molecule has 0 spiro atoms. The molecule has 0 unspecified atom stereocenters. The molecule has 110 valence electrons. The molecular weight excluding hydrogens is 256 g/mol. The van der Waals surface area contributed by atoms with Crippen LogP contribution in [0.2, 0.25) is 0 Å². The van der Waals surface area contributed by atoms with Crippen LogP contribution in [0.4, 0.5) is 4.79 Å². The van der Waals surface area contributed by atoms with Crippen molar-refractivity contribution in [3.05, 3.63) is 35.9 Å². The Morgan fingerprint density at radius 3 is 2.50 bits per heavy atom. The number of methoxy groups -OCH3 is 1. The van der Waals surface area contributed by atoms with E-state index in [2.05, 4.69) is 5.10 Å². The number of amides is 1. The first-order chi connectivity index (χ1) is 9.42. The molecule has 20 heavy (non-hydrogen) atoms. The highest BCUT2D eigenvalue weighted by Crippen LogP contribution is 2.10. The number of hydrogen-bond donors (Lipinski definition) is 0. The van der Waals surface area contributed by atoms with E-state index in [-0.39, 0.29) is 0 Å². The maximum atomic E-state index is 12.0. The summed E-state index contributed by atoms with van der Waals surface area (Å²) in [5.41, 5.74) is 0.364. The molecule has 0 saturated heterocycles. The summed E-state index contributed by atoms with van der Waals surface area (Å²) in [5, 5.41) is 5.43. The Morgan fingerprint density at radius 2 is 1.95 bits per heavy atom. The van der Waals surface area contributed by atoms with Crippen molar-refractivity contribution in [2.45, 2.75) is 26.4 Å². The summed E-state index contributed by atoms with van der Waals surface area (Å²) in [4.78, 5) is 12.0. The van der Waals surface area contributed by atoms with Crippen molar-refractivity contribution in [2.75, 3.05) is 20.3 Å². The predicted molar refractivity (Wildman–Crippen MR) is 78.9 cm³/mol. The minimum atomic E-state index is -0.551. The van der Waals surface area contributed by atoms with Crippen LogP contribution in [0, 0.1) is 0 Å². The topological polar surface area (TPSA) is 51.1 Å². The average molecular weight is 278 g/mol. The fourth-order valence-corrected chi connectivity index (χ4v) is 1.36. The molecule has 1 rings (SSSR count). The Bertz CT molecular complexity index is 438. The van der Waals surface area contributed by atoms with Crippen LogP contribution >= 0.6 is 0 Å². The Balaban J connectivity index is 2.73.